The zero-order valence-electron chi connectivity index (χ0n) is 20.0. The van der Waals surface area contributed by atoms with Crippen molar-refractivity contribution < 1.29 is 23.8 Å². The van der Waals surface area contributed by atoms with Crippen molar-refractivity contribution >= 4 is 34.3 Å². The van der Waals surface area contributed by atoms with Crippen LogP contribution in [0.2, 0.25) is 0 Å². The van der Waals surface area contributed by atoms with Crippen molar-refractivity contribution in [3.63, 3.8) is 0 Å². The average molecular weight is 491 g/mol. The molecule has 0 atom stereocenters. The Kier molecular flexibility index (Phi) is 8.65. The van der Waals surface area contributed by atoms with Gasteiger partial charge in [-0.15, -0.1) is 11.3 Å². The molecular weight excluding hydrogens is 464 g/mol. The maximum absolute atomic E-state index is 13.0. The predicted molar refractivity (Wildman–Crippen MR) is 137 cm³/mol. The smallest absolute Gasteiger partial charge is 0.341 e. The third-order valence-corrected chi connectivity index (χ3v) is 5.70. The van der Waals surface area contributed by atoms with Gasteiger partial charge in [-0.25, -0.2) is 4.79 Å². The number of carbonyl (C=O) groups is 2. The van der Waals surface area contributed by atoms with Crippen LogP contribution in [0.5, 0.6) is 11.5 Å². The lowest BCUT2D eigenvalue weighted by Gasteiger charge is -2.14. The summed E-state index contributed by atoms with van der Waals surface area (Å²) >= 11 is 1.20. The molecular formula is C27H26N2O5S. The van der Waals surface area contributed by atoms with Gasteiger partial charge in [0.1, 0.15) is 22.2 Å². The van der Waals surface area contributed by atoms with Crippen LogP contribution in [-0.4, -0.2) is 31.7 Å². The van der Waals surface area contributed by atoms with Crippen molar-refractivity contribution in [2.24, 2.45) is 0 Å². The normalized spacial score (nSPS) is 11.0. The molecule has 0 unspecified atom stereocenters. The number of benzene rings is 2. The second kappa shape index (κ2) is 11.9. The number of carbonyl (C=O) groups excluding carboxylic acids is 2. The van der Waals surface area contributed by atoms with Crippen LogP contribution < -0.4 is 14.8 Å². The molecule has 0 bridgehead atoms. The van der Waals surface area contributed by atoms with E-state index in [0.29, 0.717) is 27.6 Å². The molecule has 0 radical (unpaired) electrons. The van der Waals surface area contributed by atoms with E-state index in [9.17, 15) is 14.9 Å². The molecule has 0 fully saturated rings. The first-order valence-corrected chi connectivity index (χ1v) is 11.9. The Hall–Kier alpha value is -4.09. The van der Waals surface area contributed by atoms with Gasteiger partial charge in [-0.3, -0.25) is 4.79 Å². The molecule has 0 saturated heterocycles. The van der Waals surface area contributed by atoms with Gasteiger partial charge < -0.3 is 19.5 Å². The quantitative estimate of drug-likeness (QED) is 0.227. The summed E-state index contributed by atoms with van der Waals surface area (Å²) in [6.07, 6.45) is 1.41. The van der Waals surface area contributed by atoms with Crippen LogP contribution in [0.4, 0.5) is 5.00 Å². The van der Waals surface area contributed by atoms with E-state index < -0.39 is 11.9 Å². The number of methoxy groups -OCH3 is 1. The Morgan fingerprint density at radius 2 is 1.89 bits per heavy atom. The molecule has 0 aliphatic rings. The fourth-order valence-electron chi connectivity index (χ4n) is 3.30. The monoisotopic (exact) mass is 490 g/mol. The number of anilines is 1. The van der Waals surface area contributed by atoms with Crippen LogP contribution in [0.1, 0.15) is 36.7 Å². The van der Waals surface area contributed by atoms with Gasteiger partial charge in [0.05, 0.1) is 19.8 Å². The third kappa shape index (κ3) is 6.28. The predicted octanol–water partition coefficient (Wildman–Crippen LogP) is 5.93. The highest BCUT2D eigenvalue weighted by atomic mass is 32.1. The molecule has 7 nitrogen and oxygen atoms in total. The zero-order valence-corrected chi connectivity index (χ0v) is 20.8. The van der Waals surface area contributed by atoms with Crippen molar-refractivity contribution in [3.8, 4) is 28.7 Å². The van der Waals surface area contributed by atoms with Crippen LogP contribution in [0, 0.1) is 11.3 Å². The molecule has 1 heterocycles. The highest BCUT2D eigenvalue weighted by Gasteiger charge is 2.23. The van der Waals surface area contributed by atoms with E-state index in [2.05, 4.69) is 5.32 Å². The van der Waals surface area contributed by atoms with E-state index in [0.717, 1.165) is 5.56 Å². The molecule has 0 aliphatic carbocycles. The summed E-state index contributed by atoms with van der Waals surface area (Å²) in [6.45, 7) is 5.72. The van der Waals surface area contributed by atoms with Crippen molar-refractivity contribution in [1.29, 1.82) is 5.26 Å². The molecule has 1 amide bonds. The van der Waals surface area contributed by atoms with Crippen molar-refractivity contribution in [2.75, 3.05) is 19.0 Å². The molecule has 2 aromatic carbocycles. The number of hydrogen-bond donors (Lipinski definition) is 1. The molecule has 0 saturated carbocycles. The Morgan fingerprint density at radius 1 is 1.14 bits per heavy atom. The molecule has 8 heteroatoms. The lowest BCUT2D eigenvalue weighted by Crippen LogP contribution is -2.16. The van der Waals surface area contributed by atoms with E-state index in [1.165, 1.54) is 24.5 Å². The fourth-order valence-corrected chi connectivity index (χ4v) is 4.25. The number of nitriles is 1. The minimum absolute atomic E-state index is 0.0362. The Bertz CT molecular complexity index is 1270. The van der Waals surface area contributed by atoms with Gasteiger partial charge in [0, 0.05) is 10.9 Å². The highest BCUT2D eigenvalue weighted by molar-refractivity contribution is 7.15. The van der Waals surface area contributed by atoms with Gasteiger partial charge in [0.25, 0.3) is 5.91 Å². The van der Waals surface area contributed by atoms with Crippen LogP contribution in [0.15, 0.2) is 59.5 Å². The number of amides is 1. The topological polar surface area (TPSA) is 97.7 Å². The van der Waals surface area contributed by atoms with Crippen LogP contribution >= 0.6 is 11.3 Å². The number of thiophene rings is 1. The molecule has 35 heavy (non-hydrogen) atoms. The van der Waals surface area contributed by atoms with Crippen molar-refractivity contribution in [2.45, 2.75) is 26.9 Å². The summed E-state index contributed by atoms with van der Waals surface area (Å²) in [5.74, 6) is -0.133. The van der Waals surface area contributed by atoms with E-state index in [1.54, 1.807) is 30.5 Å². The molecule has 1 N–H and O–H groups in total. The molecule has 1 aromatic heterocycles. The minimum Gasteiger partial charge on any atom is -0.493 e. The zero-order chi connectivity index (χ0) is 25.4. The fraction of sp³-hybridized carbons (Fsp3) is 0.222. The van der Waals surface area contributed by atoms with E-state index in [-0.39, 0.29) is 23.8 Å². The SMILES string of the molecule is CCOC(=O)c1c(-c2ccccc2)csc1NC(=O)C(C#N)=Cc1ccc(OC(C)C)c(OC)c1. The molecule has 3 rings (SSSR count). The summed E-state index contributed by atoms with van der Waals surface area (Å²) in [5.41, 5.74) is 2.18. The molecule has 3 aromatic rings. The lowest BCUT2D eigenvalue weighted by atomic mass is 10.0. The standard InChI is InChI=1S/C27H26N2O5S/c1-5-33-27(31)24-21(19-9-7-6-8-10-19)16-35-26(24)29-25(30)20(15-28)13-18-11-12-22(34-17(2)3)23(14-18)32-4/h6-14,16-17H,5H2,1-4H3,(H,29,30). The Balaban J connectivity index is 1.92. The third-order valence-electron chi connectivity index (χ3n) is 4.81. The summed E-state index contributed by atoms with van der Waals surface area (Å²) in [7, 11) is 1.52. The van der Waals surface area contributed by atoms with Crippen LogP contribution in [-0.2, 0) is 9.53 Å². The summed E-state index contributed by atoms with van der Waals surface area (Å²) in [6, 6.07) is 16.4. The van der Waals surface area contributed by atoms with E-state index >= 15 is 0 Å². The summed E-state index contributed by atoms with van der Waals surface area (Å²) in [5, 5.41) is 14.5. The van der Waals surface area contributed by atoms with Crippen molar-refractivity contribution in [1.82, 2.24) is 0 Å². The van der Waals surface area contributed by atoms with Gasteiger partial charge in [-0.1, -0.05) is 36.4 Å². The second-order valence-electron chi connectivity index (χ2n) is 7.64. The number of nitrogens with one attached hydrogen (secondary N) is 1. The van der Waals surface area contributed by atoms with Gasteiger partial charge >= 0.3 is 5.97 Å². The van der Waals surface area contributed by atoms with Gasteiger partial charge in [-0.2, -0.15) is 5.26 Å². The number of nitrogens with zero attached hydrogens (tertiary/aromatic N) is 1. The number of esters is 1. The largest absolute Gasteiger partial charge is 0.493 e. The number of hydrogen-bond acceptors (Lipinski definition) is 7. The first-order chi connectivity index (χ1) is 16.9. The van der Waals surface area contributed by atoms with E-state index in [4.69, 9.17) is 14.2 Å². The maximum Gasteiger partial charge on any atom is 0.341 e. The maximum atomic E-state index is 13.0. The summed E-state index contributed by atoms with van der Waals surface area (Å²) < 4.78 is 16.3. The van der Waals surface area contributed by atoms with Crippen molar-refractivity contribution in [3.05, 3.63) is 70.6 Å². The average Bonchev–Trinajstić information content (AvgIpc) is 3.27. The minimum atomic E-state index is -0.638. The first kappa shape index (κ1) is 25.5. The Morgan fingerprint density at radius 3 is 2.51 bits per heavy atom. The molecule has 0 spiro atoms. The molecule has 0 aliphatic heterocycles. The second-order valence-corrected chi connectivity index (χ2v) is 8.52. The number of ether oxygens (including phenoxy) is 3. The van der Waals surface area contributed by atoms with Gasteiger partial charge in [-0.05, 0) is 50.1 Å². The Labute approximate surface area is 208 Å². The van der Waals surface area contributed by atoms with E-state index in [1.807, 2.05) is 50.2 Å². The van der Waals surface area contributed by atoms with Crippen LogP contribution in [0.3, 0.4) is 0 Å². The lowest BCUT2D eigenvalue weighted by molar-refractivity contribution is -0.112. The number of rotatable bonds is 9. The summed E-state index contributed by atoms with van der Waals surface area (Å²) in [4.78, 5) is 25.7. The van der Waals surface area contributed by atoms with Gasteiger partial charge in [0.2, 0.25) is 0 Å². The molecule has 180 valence electrons. The van der Waals surface area contributed by atoms with Gasteiger partial charge in [0.15, 0.2) is 11.5 Å². The first-order valence-electron chi connectivity index (χ1n) is 11.0. The highest BCUT2D eigenvalue weighted by Crippen LogP contribution is 2.36. The van der Waals surface area contributed by atoms with Crippen LogP contribution in [0.25, 0.3) is 17.2 Å².